The highest BCUT2D eigenvalue weighted by Gasteiger charge is 2.24. The number of hydrogen-bond donors (Lipinski definition) is 2. The Balaban J connectivity index is 1.68. The van der Waals surface area contributed by atoms with E-state index in [2.05, 4.69) is 15.4 Å². The molecule has 1 aliphatic rings. The number of nitrogens with zero attached hydrogens (tertiary/aromatic N) is 4. The zero-order chi connectivity index (χ0) is 15.3. The number of rotatable bonds is 4. The molecule has 3 heterocycles. The molecule has 1 aliphatic carbocycles. The Morgan fingerprint density at radius 3 is 2.86 bits per heavy atom. The third kappa shape index (κ3) is 2.18. The van der Waals surface area contributed by atoms with Crippen molar-refractivity contribution >= 4 is 11.5 Å². The number of hydrogen-bond acceptors (Lipinski definition) is 4. The molecule has 0 atom stereocenters. The van der Waals surface area contributed by atoms with Crippen LogP contribution in [0, 0.1) is 0 Å². The lowest BCUT2D eigenvalue weighted by Gasteiger charge is -1.98. The Morgan fingerprint density at radius 1 is 1.36 bits per heavy atom. The van der Waals surface area contributed by atoms with E-state index in [0.29, 0.717) is 12.5 Å². The van der Waals surface area contributed by atoms with E-state index in [-0.39, 0.29) is 11.3 Å². The van der Waals surface area contributed by atoms with Crippen LogP contribution < -0.4 is 5.56 Å². The molecule has 3 aromatic rings. The summed E-state index contributed by atoms with van der Waals surface area (Å²) >= 11 is 0. The van der Waals surface area contributed by atoms with Gasteiger partial charge in [0.1, 0.15) is 0 Å². The summed E-state index contributed by atoms with van der Waals surface area (Å²) in [6, 6.07) is 5.56. The van der Waals surface area contributed by atoms with Crippen LogP contribution in [-0.4, -0.2) is 35.7 Å². The van der Waals surface area contributed by atoms with Gasteiger partial charge in [-0.1, -0.05) is 5.21 Å². The first-order chi connectivity index (χ1) is 10.6. The SMILES string of the molecule is O=C(O)c1cn(Cc2cc3cc(C4CC4)cc(=O)n3[nH]2)nn1. The molecule has 1 fully saturated rings. The highest BCUT2D eigenvalue weighted by atomic mass is 16.4. The number of nitrogens with one attached hydrogen (secondary N) is 1. The molecule has 2 N–H and O–H groups in total. The molecule has 8 heteroatoms. The summed E-state index contributed by atoms with van der Waals surface area (Å²) in [6.07, 6.45) is 3.64. The summed E-state index contributed by atoms with van der Waals surface area (Å²) in [5.41, 5.74) is 2.46. The minimum Gasteiger partial charge on any atom is -0.476 e. The third-order valence-corrected chi connectivity index (χ3v) is 3.80. The van der Waals surface area contributed by atoms with Crippen LogP contribution in [0.5, 0.6) is 0 Å². The Hall–Kier alpha value is -2.90. The van der Waals surface area contributed by atoms with E-state index in [1.165, 1.54) is 15.4 Å². The zero-order valence-electron chi connectivity index (χ0n) is 11.6. The molecule has 4 rings (SSSR count). The van der Waals surface area contributed by atoms with Gasteiger partial charge in [-0.25, -0.2) is 14.0 Å². The molecular formula is C14H13N5O3. The number of aromatic amines is 1. The van der Waals surface area contributed by atoms with E-state index >= 15 is 0 Å². The van der Waals surface area contributed by atoms with Gasteiger partial charge < -0.3 is 5.11 Å². The van der Waals surface area contributed by atoms with Crippen LogP contribution in [0.2, 0.25) is 0 Å². The van der Waals surface area contributed by atoms with E-state index in [1.54, 1.807) is 6.07 Å². The lowest BCUT2D eigenvalue weighted by molar-refractivity contribution is 0.0690. The van der Waals surface area contributed by atoms with E-state index in [9.17, 15) is 9.59 Å². The van der Waals surface area contributed by atoms with E-state index in [0.717, 1.165) is 29.6 Å². The molecule has 0 spiro atoms. The number of H-pyrrole nitrogens is 1. The van der Waals surface area contributed by atoms with Crippen LogP contribution in [0.3, 0.4) is 0 Å². The summed E-state index contributed by atoms with van der Waals surface area (Å²) < 4.78 is 2.90. The number of aromatic carboxylic acids is 1. The average molecular weight is 299 g/mol. The predicted molar refractivity (Wildman–Crippen MR) is 76.1 cm³/mol. The number of pyridine rings is 1. The second-order valence-corrected chi connectivity index (χ2v) is 5.55. The normalized spacial score (nSPS) is 14.5. The fraction of sp³-hybridized carbons (Fsp3) is 0.286. The molecule has 0 aliphatic heterocycles. The molecule has 0 amide bonds. The van der Waals surface area contributed by atoms with Crippen LogP contribution in [0.25, 0.3) is 5.52 Å². The minimum atomic E-state index is -1.12. The van der Waals surface area contributed by atoms with E-state index in [1.807, 2.05) is 12.1 Å². The first-order valence-corrected chi connectivity index (χ1v) is 6.98. The molecule has 8 nitrogen and oxygen atoms in total. The molecule has 112 valence electrons. The summed E-state index contributed by atoms with van der Waals surface area (Å²) in [7, 11) is 0. The summed E-state index contributed by atoms with van der Waals surface area (Å²) in [6.45, 7) is 0.320. The van der Waals surface area contributed by atoms with Gasteiger partial charge in [0.15, 0.2) is 5.69 Å². The van der Waals surface area contributed by atoms with Crippen LogP contribution in [-0.2, 0) is 6.54 Å². The highest BCUT2D eigenvalue weighted by Crippen LogP contribution is 2.39. The number of carbonyl (C=O) groups is 1. The minimum absolute atomic E-state index is 0.0875. The third-order valence-electron chi connectivity index (χ3n) is 3.80. The van der Waals surface area contributed by atoms with Crippen LogP contribution in [0.1, 0.15) is 40.5 Å². The summed E-state index contributed by atoms with van der Waals surface area (Å²) in [5, 5.41) is 19.2. The van der Waals surface area contributed by atoms with Gasteiger partial charge in [0.25, 0.3) is 5.56 Å². The molecule has 0 radical (unpaired) electrons. The standard InChI is InChI=1S/C14H13N5O3/c20-13-4-9(8-1-2-8)3-11-5-10(16-19(11)13)6-18-7-12(14(21)22)15-17-18/h3-5,7-8,16H,1-2,6H2,(H,21,22). The lowest BCUT2D eigenvalue weighted by atomic mass is 10.1. The van der Waals surface area contributed by atoms with Crippen molar-refractivity contribution in [2.75, 3.05) is 0 Å². The largest absolute Gasteiger partial charge is 0.476 e. The Bertz CT molecular complexity index is 932. The number of aromatic nitrogens is 5. The van der Waals surface area contributed by atoms with Crippen LogP contribution in [0.4, 0.5) is 0 Å². The average Bonchev–Trinajstić information content (AvgIpc) is 3.08. The predicted octanol–water partition coefficient (Wildman–Crippen LogP) is 0.843. The molecule has 0 unspecified atom stereocenters. The van der Waals surface area contributed by atoms with Crippen molar-refractivity contribution in [2.24, 2.45) is 0 Å². The van der Waals surface area contributed by atoms with Crippen molar-refractivity contribution in [3.05, 3.63) is 51.7 Å². The maximum Gasteiger partial charge on any atom is 0.358 e. The smallest absolute Gasteiger partial charge is 0.358 e. The maximum atomic E-state index is 12.1. The van der Waals surface area contributed by atoms with E-state index < -0.39 is 5.97 Å². The first-order valence-electron chi connectivity index (χ1n) is 6.98. The molecular weight excluding hydrogens is 286 g/mol. The fourth-order valence-corrected chi connectivity index (χ4v) is 2.57. The van der Waals surface area contributed by atoms with Crippen molar-refractivity contribution < 1.29 is 9.90 Å². The highest BCUT2D eigenvalue weighted by molar-refractivity contribution is 5.84. The second kappa shape index (κ2) is 4.55. The van der Waals surface area contributed by atoms with Gasteiger partial charge >= 0.3 is 5.97 Å². The van der Waals surface area contributed by atoms with Gasteiger partial charge in [-0.2, -0.15) is 0 Å². The molecule has 0 bridgehead atoms. The monoisotopic (exact) mass is 299 g/mol. The fourth-order valence-electron chi connectivity index (χ4n) is 2.57. The molecule has 1 saturated carbocycles. The Kier molecular flexibility index (Phi) is 2.65. The Labute approximate surface area is 124 Å². The van der Waals surface area contributed by atoms with Crippen molar-refractivity contribution in [2.45, 2.75) is 25.3 Å². The molecule has 22 heavy (non-hydrogen) atoms. The quantitative estimate of drug-likeness (QED) is 0.742. The van der Waals surface area contributed by atoms with Gasteiger partial charge in [-0.3, -0.25) is 9.89 Å². The second-order valence-electron chi connectivity index (χ2n) is 5.55. The van der Waals surface area contributed by atoms with Crippen molar-refractivity contribution in [3.8, 4) is 0 Å². The maximum absolute atomic E-state index is 12.1. The number of carboxylic acid groups (broad SMARTS) is 1. The van der Waals surface area contributed by atoms with E-state index in [4.69, 9.17) is 5.11 Å². The van der Waals surface area contributed by atoms with Crippen LogP contribution in [0.15, 0.2) is 29.2 Å². The van der Waals surface area contributed by atoms with Gasteiger partial charge in [0.05, 0.1) is 24.0 Å². The molecule has 0 aromatic carbocycles. The van der Waals surface area contributed by atoms with Crippen LogP contribution >= 0.6 is 0 Å². The van der Waals surface area contributed by atoms with Gasteiger partial charge in [0, 0.05) is 6.07 Å². The summed E-state index contributed by atoms with van der Waals surface area (Å²) in [5.74, 6) is -0.599. The zero-order valence-corrected chi connectivity index (χ0v) is 11.6. The number of carboxylic acids is 1. The molecule has 3 aromatic heterocycles. The summed E-state index contributed by atoms with van der Waals surface area (Å²) in [4.78, 5) is 22.9. The Morgan fingerprint density at radius 2 is 2.18 bits per heavy atom. The molecule has 0 saturated heterocycles. The van der Waals surface area contributed by atoms with Crippen molar-refractivity contribution in [3.63, 3.8) is 0 Å². The number of fused-ring (bicyclic) bond motifs is 1. The van der Waals surface area contributed by atoms with Gasteiger partial charge in [-0.15, -0.1) is 5.10 Å². The van der Waals surface area contributed by atoms with Crippen molar-refractivity contribution in [1.82, 2.24) is 24.6 Å². The first kappa shape index (κ1) is 12.8. The van der Waals surface area contributed by atoms with Gasteiger partial charge in [-0.05, 0) is 36.5 Å². The topological polar surface area (TPSA) is 105 Å². The van der Waals surface area contributed by atoms with Crippen molar-refractivity contribution in [1.29, 1.82) is 0 Å². The lowest BCUT2D eigenvalue weighted by Crippen LogP contribution is -2.13. The van der Waals surface area contributed by atoms with Gasteiger partial charge in [0.2, 0.25) is 0 Å².